The molecule has 4 nitrogen and oxygen atoms in total. The van der Waals surface area contributed by atoms with Gasteiger partial charge in [-0.3, -0.25) is 8.97 Å². The Bertz CT molecular complexity index is 2940. The highest BCUT2D eigenvalue weighted by atomic mass is 28.3. The SMILES string of the molecule is [2H][Si]([2H])(C)C1([Si]([2H])(C)C)c2ccccc2Oc2c1cccc2[Si](c1ccccc1)(c1ccccc1)c1cccc(-n2c3ccccc3n3c4ccccc4nc23)c1. The Morgan fingerprint density at radius 3 is 1.96 bits per heavy atom. The summed E-state index contributed by atoms with van der Waals surface area (Å²) < 4.78 is 40.1. The molecule has 0 fully saturated rings. The van der Waals surface area contributed by atoms with E-state index in [1.54, 1.807) is 6.55 Å². The predicted octanol–water partition coefficient (Wildman–Crippen LogP) is 7.40. The van der Waals surface area contributed by atoms with Crippen LogP contribution in [0.25, 0.3) is 33.5 Å². The predicted molar refractivity (Wildman–Crippen MR) is 234 cm³/mol. The molecule has 2 aromatic heterocycles. The van der Waals surface area contributed by atoms with Crippen molar-refractivity contribution < 1.29 is 4.74 Å². The van der Waals surface area contributed by atoms with Gasteiger partial charge in [0.2, 0.25) is 5.78 Å². The van der Waals surface area contributed by atoms with Crippen LogP contribution in [0.2, 0.25) is 19.6 Å². The number of benzene rings is 7. The molecule has 0 spiro atoms. The quantitative estimate of drug-likeness (QED) is 0.126. The first-order valence-electron chi connectivity index (χ1n) is 20.1. The van der Waals surface area contributed by atoms with Crippen molar-refractivity contribution >= 4 is 74.8 Å². The van der Waals surface area contributed by atoms with E-state index < -0.39 is 30.8 Å². The number of hydrogen-bond donors (Lipinski definition) is 0. The van der Waals surface area contributed by atoms with Gasteiger partial charge in [0.15, 0.2) is 8.07 Å². The fourth-order valence-corrected chi connectivity index (χ4v) is 18.6. The molecule has 0 N–H and O–H groups in total. The number of rotatable bonds is 7. The van der Waals surface area contributed by atoms with Crippen molar-refractivity contribution in [3.8, 4) is 17.2 Å². The molecule has 54 heavy (non-hydrogen) atoms. The van der Waals surface area contributed by atoms with Gasteiger partial charge in [0, 0.05) is 32.2 Å². The Morgan fingerprint density at radius 2 is 1.24 bits per heavy atom. The molecule has 1 aliphatic rings. The first kappa shape index (κ1) is 29.7. The summed E-state index contributed by atoms with van der Waals surface area (Å²) in [5, 5.41) is 4.56. The van der Waals surface area contributed by atoms with Crippen LogP contribution in [0.15, 0.2) is 176 Å². The van der Waals surface area contributed by atoms with Crippen LogP contribution in [0.4, 0.5) is 0 Å². The standard InChI is InChI=1S/C47H41N3OSi3/c1-52-47(53(2)3)37-24-10-15-30-43(37)51-45-38(47)25-17-31-44(45)54(34-19-6-4-7-20-34,35-21-8-5-9-22-35)36-23-16-18-33(32-36)49-41-28-13-14-29-42(41)50-40-27-12-11-26-39(40)48-46(49)50/h4-32,53H,52H2,1-3H3/i52D2,53D. The van der Waals surface area contributed by atoms with Crippen LogP contribution in [-0.2, 0) is 4.66 Å². The molecular weight excluding hydrogens is 707 g/mol. The molecule has 7 heteroatoms. The molecule has 1 unspecified atom stereocenters. The third-order valence-electron chi connectivity index (χ3n) is 11.5. The first-order valence-corrected chi connectivity index (χ1v) is 24.6. The molecule has 7 aromatic carbocycles. The minimum absolute atomic E-state index is 0.647. The van der Waals surface area contributed by atoms with Crippen LogP contribution < -0.4 is 25.5 Å². The van der Waals surface area contributed by atoms with Crippen molar-refractivity contribution in [2.24, 2.45) is 0 Å². The van der Waals surface area contributed by atoms with Crippen molar-refractivity contribution in [3.05, 3.63) is 187 Å². The summed E-state index contributed by atoms with van der Waals surface area (Å²) in [5.74, 6) is 2.19. The van der Waals surface area contributed by atoms with Crippen molar-refractivity contribution in [1.29, 1.82) is 3.70 Å². The second-order valence-electron chi connectivity index (χ2n) is 14.4. The van der Waals surface area contributed by atoms with E-state index in [4.69, 9.17) is 9.72 Å². The second kappa shape index (κ2) is 12.7. The first-order chi connectivity index (χ1) is 27.6. The van der Waals surface area contributed by atoms with E-state index >= 15 is 0 Å². The van der Waals surface area contributed by atoms with Crippen LogP contribution in [0.3, 0.4) is 0 Å². The van der Waals surface area contributed by atoms with Crippen molar-refractivity contribution in [1.82, 2.24) is 14.0 Å². The van der Waals surface area contributed by atoms with Gasteiger partial charge < -0.3 is 4.74 Å². The molecule has 0 saturated carbocycles. The molecule has 0 amide bonds. The normalized spacial score (nSPS) is 16.7. The Labute approximate surface area is 324 Å². The molecule has 1 atom stereocenters. The summed E-state index contributed by atoms with van der Waals surface area (Å²) in [6.07, 6.45) is 0. The summed E-state index contributed by atoms with van der Waals surface area (Å²) in [5.41, 5.74) is 6.78. The summed E-state index contributed by atoms with van der Waals surface area (Å²) in [4.78, 5) is 5.21. The Hall–Kier alpha value is -5.74. The Morgan fingerprint density at radius 1 is 0.648 bits per heavy atom. The summed E-state index contributed by atoms with van der Waals surface area (Å²) in [7, 11) is -10.1. The van der Waals surface area contributed by atoms with Crippen LogP contribution in [-0.4, -0.2) is 43.8 Å². The minimum Gasteiger partial charge on any atom is -0.457 e. The minimum atomic E-state index is -3.68. The van der Waals surface area contributed by atoms with Crippen LogP contribution in [0.1, 0.15) is 11.1 Å². The average Bonchev–Trinajstić information content (AvgIpc) is 3.75. The summed E-state index contributed by atoms with van der Waals surface area (Å²) >= 11 is 0. The Kier molecular flexibility index (Phi) is 6.98. The zero-order valence-electron chi connectivity index (χ0n) is 33.5. The monoisotopic (exact) mass is 750 g/mol. The van der Waals surface area contributed by atoms with Gasteiger partial charge in [-0.1, -0.05) is 153 Å². The van der Waals surface area contributed by atoms with Gasteiger partial charge in [0.25, 0.3) is 0 Å². The highest BCUT2D eigenvalue weighted by Gasteiger charge is 2.49. The Balaban J connectivity index is 1.34. The number of fused-ring (bicyclic) bond motifs is 7. The number of aromatic nitrogens is 3. The maximum atomic E-state index is 9.97. The number of para-hydroxylation sites is 6. The van der Waals surface area contributed by atoms with Gasteiger partial charge in [-0.25, -0.2) is 4.98 Å². The highest BCUT2D eigenvalue weighted by molar-refractivity contribution is 7.20. The fourth-order valence-electron chi connectivity index (χ4n) is 9.24. The largest absolute Gasteiger partial charge is 0.457 e. The number of imidazole rings is 2. The lowest BCUT2D eigenvalue weighted by molar-refractivity contribution is 0.455. The van der Waals surface area contributed by atoms with E-state index in [2.05, 4.69) is 155 Å². The maximum absolute atomic E-state index is 9.97. The molecule has 0 radical (unpaired) electrons. The van der Waals surface area contributed by atoms with Gasteiger partial charge in [0.1, 0.15) is 11.5 Å². The van der Waals surface area contributed by atoms with Gasteiger partial charge in [-0.15, -0.1) is 0 Å². The molecule has 0 saturated heterocycles. The topological polar surface area (TPSA) is 31.5 Å². The third-order valence-corrected chi connectivity index (χ3v) is 21.9. The molecule has 0 bridgehead atoms. The van der Waals surface area contributed by atoms with E-state index in [1.165, 1.54) is 10.4 Å². The lowest BCUT2D eigenvalue weighted by atomic mass is 9.98. The van der Waals surface area contributed by atoms with Gasteiger partial charge in [-0.05, 0) is 74.3 Å². The lowest BCUT2D eigenvalue weighted by Gasteiger charge is -2.45. The van der Waals surface area contributed by atoms with Crippen molar-refractivity contribution in [2.45, 2.75) is 24.3 Å². The maximum Gasteiger partial charge on any atom is 0.220 e. The molecular formula is C47H41N3OSi3. The zero-order chi connectivity index (χ0) is 39.2. The molecule has 9 aromatic rings. The highest BCUT2D eigenvalue weighted by Crippen LogP contribution is 2.48. The van der Waals surface area contributed by atoms with Gasteiger partial charge in [0.05, 0.1) is 22.1 Å². The average molecular weight is 751 g/mol. The van der Waals surface area contributed by atoms with E-state index in [-0.39, 0.29) is 0 Å². The fraction of sp³-hybridized carbons (Fsp3) is 0.0851. The summed E-state index contributed by atoms with van der Waals surface area (Å²) in [6, 6.07) is 61.6. The molecule has 10 rings (SSSR count). The second-order valence-corrected chi connectivity index (χ2v) is 22.6. The van der Waals surface area contributed by atoms with E-state index in [0.29, 0.717) is 11.5 Å². The molecule has 262 valence electrons. The van der Waals surface area contributed by atoms with E-state index in [1.807, 2.05) is 43.4 Å². The van der Waals surface area contributed by atoms with Crippen molar-refractivity contribution in [2.75, 3.05) is 0 Å². The molecule has 3 heterocycles. The smallest absolute Gasteiger partial charge is 0.220 e. The number of hydrogen-bond acceptors (Lipinski definition) is 2. The molecule has 0 aliphatic carbocycles. The van der Waals surface area contributed by atoms with Crippen molar-refractivity contribution in [3.63, 3.8) is 0 Å². The summed E-state index contributed by atoms with van der Waals surface area (Å²) in [6.45, 7) is 5.80. The van der Waals surface area contributed by atoms with Gasteiger partial charge >= 0.3 is 0 Å². The van der Waals surface area contributed by atoms with Crippen LogP contribution in [0, 0.1) is 0 Å². The number of ether oxygens (including phenoxy) is 1. The lowest BCUT2D eigenvalue weighted by Crippen LogP contribution is -2.75. The van der Waals surface area contributed by atoms with Crippen LogP contribution >= 0.6 is 0 Å². The number of nitrogens with zero attached hydrogens (tertiary/aromatic N) is 3. The third kappa shape index (κ3) is 4.55. The van der Waals surface area contributed by atoms with E-state index in [9.17, 15) is 3.70 Å². The molecule has 1 aliphatic heterocycles. The van der Waals surface area contributed by atoms with Gasteiger partial charge in [-0.2, -0.15) is 0 Å². The van der Waals surface area contributed by atoms with Crippen LogP contribution in [0.5, 0.6) is 11.5 Å². The van der Waals surface area contributed by atoms with E-state index in [0.717, 1.165) is 55.0 Å². The zero-order valence-corrected chi connectivity index (χ0v) is 33.5.